The lowest BCUT2D eigenvalue weighted by molar-refractivity contribution is 0.306. The molecular weight excluding hydrogens is 368 g/mol. The van der Waals surface area contributed by atoms with Gasteiger partial charge in [0, 0.05) is 12.0 Å². The van der Waals surface area contributed by atoms with E-state index in [4.69, 9.17) is 17.0 Å². The second-order valence-electron chi connectivity index (χ2n) is 6.33. The summed E-state index contributed by atoms with van der Waals surface area (Å²) in [5.41, 5.74) is 2.03. The van der Waals surface area contributed by atoms with E-state index in [9.17, 15) is 0 Å². The molecule has 4 rings (SSSR count). The molecule has 140 valence electrons. The van der Waals surface area contributed by atoms with Gasteiger partial charge in [0.2, 0.25) is 4.77 Å². The van der Waals surface area contributed by atoms with Crippen LogP contribution in [0.5, 0.6) is 5.75 Å². The Bertz CT molecular complexity index is 1180. The molecule has 0 atom stereocenters. The van der Waals surface area contributed by atoms with Crippen LogP contribution in [-0.2, 0) is 13.0 Å². The van der Waals surface area contributed by atoms with Crippen LogP contribution in [0.3, 0.4) is 0 Å². The van der Waals surface area contributed by atoms with Crippen molar-refractivity contribution in [2.45, 2.75) is 20.0 Å². The third-order valence-corrected chi connectivity index (χ3v) is 4.77. The molecule has 0 aliphatic heterocycles. The van der Waals surface area contributed by atoms with Crippen molar-refractivity contribution in [3.05, 3.63) is 88.5 Å². The van der Waals surface area contributed by atoms with Gasteiger partial charge in [0.15, 0.2) is 5.82 Å². The Kier molecular flexibility index (Phi) is 5.30. The first-order valence-electron chi connectivity index (χ1n) is 9.15. The molecule has 5 nitrogen and oxygen atoms in total. The molecule has 28 heavy (non-hydrogen) atoms. The lowest BCUT2D eigenvalue weighted by Gasteiger charge is -2.12. The first kappa shape index (κ1) is 18.1. The molecule has 0 radical (unpaired) electrons. The number of rotatable bonds is 6. The minimum absolute atomic E-state index is 0.472. The Hall–Kier alpha value is -3.25. The van der Waals surface area contributed by atoms with E-state index < -0.39 is 0 Å². The third kappa shape index (κ3) is 3.73. The standard InChI is InChI=1S/C22H20N4OS/c1-2-21-24-25-22(28)26(21)23-14-19-18-11-7-6-10-17(18)12-13-20(19)27-15-16-8-4-3-5-9-16/h3-14H,2,15H2,1H3,(H,25,28). The van der Waals surface area contributed by atoms with Crippen molar-refractivity contribution in [2.75, 3.05) is 0 Å². The maximum atomic E-state index is 6.14. The fraction of sp³-hybridized carbons (Fsp3) is 0.136. The molecule has 0 saturated carbocycles. The van der Waals surface area contributed by atoms with E-state index in [2.05, 4.69) is 33.5 Å². The van der Waals surface area contributed by atoms with Crippen LogP contribution in [0, 0.1) is 4.77 Å². The second-order valence-corrected chi connectivity index (χ2v) is 6.71. The van der Waals surface area contributed by atoms with Gasteiger partial charge in [0.25, 0.3) is 0 Å². The highest BCUT2D eigenvalue weighted by molar-refractivity contribution is 7.71. The van der Waals surface area contributed by atoms with Crippen molar-refractivity contribution < 1.29 is 4.74 Å². The van der Waals surface area contributed by atoms with Crippen molar-refractivity contribution in [3.63, 3.8) is 0 Å². The first-order chi connectivity index (χ1) is 13.8. The molecule has 1 N–H and O–H groups in total. The summed E-state index contributed by atoms with van der Waals surface area (Å²) < 4.78 is 8.26. The van der Waals surface area contributed by atoms with Gasteiger partial charge in [-0.2, -0.15) is 14.9 Å². The topological polar surface area (TPSA) is 55.2 Å². The normalized spacial score (nSPS) is 11.3. The average molecular weight is 388 g/mol. The molecule has 1 aromatic heterocycles. The highest BCUT2D eigenvalue weighted by Crippen LogP contribution is 2.27. The van der Waals surface area contributed by atoms with Gasteiger partial charge in [0.1, 0.15) is 12.4 Å². The summed E-state index contributed by atoms with van der Waals surface area (Å²) in [7, 11) is 0. The van der Waals surface area contributed by atoms with Crippen LogP contribution < -0.4 is 4.74 Å². The van der Waals surface area contributed by atoms with E-state index in [0.717, 1.165) is 39.9 Å². The minimum atomic E-state index is 0.472. The Balaban J connectivity index is 1.74. The van der Waals surface area contributed by atoms with Crippen molar-refractivity contribution in [1.82, 2.24) is 14.9 Å². The van der Waals surface area contributed by atoms with Crippen LogP contribution in [0.1, 0.15) is 23.9 Å². The lowest BCUT2D eigenvalue weighted by atomic mass is 10.0. The largest absolute Gasteiger partial charge is 0.488 e. The van der Waals surface area contributed by atoms with Crippen LogP contribution in [0.25, 0.3) is 10.8 Å². The number of fused-ring (bicyclic) bond motifs is 1. The number of H-pyrrole nitrogens is 1. The van der Waals surface area contributed by atoms with Crippen molar-refractivity contribution in [2.24, 2.45) is 5.10 Å². The van der Waals surface area contributed by atoms with Crippen LogP contribution in [0.2, 0.25) is 0 Å². The molecular formula is C22H20N4OS. The number of benzene rings is 3. The van der Waals surface area contributed by atoms with Crippen molar-refractivity contribution in [1.29, 1.82) is 0 Å². The van der Waals surface area contributed by atoms with Crippen molar-refractivity contribution >= 4 is 29.2 Å². The Labute approximate surface area is 168 Å². The molecule has 0 aliphatic rings. The fourth-order valence-electron chi connectivity index (χ4n) is 3.06. The van der Waals surface area contributed by atoms with Gasteiger partial charge < -0.3 is 4.74 Å². The number of ether oxygens (including phenoxy) is 1. The fourth-order valence-corrected chi connectivity index (χ4v) is 3.26. The number of aryl methyl sites for hydroxylation is 1. The predicted octanol–water partition coefficient (Wildman–Crippen LogP) is 5.12. The maximum Gasteiger partial charge on any atom is 0.216 e. The molecule has 1 heterocycles. The molecule has 0 unspecified atom stereocenters. The van der Waals surface area contributed by atoms with E-state index >= 15 is 0 Å². The van der Waals surface area contributed by atoms with E-state index in [-0.39, 0.29) is 0 Å². The molecule has 0 amide bonds. The monoisotopic (exact) mass is 388 g/mol. The minimum Gasteiger partial charge on any atom is -0.488 e. The number of aromatic nitrogens is 3. The van der Waals surface area contributed by atoms with Gasteiger partial charge in [-0.1, -0.05) is 67.6 Å². The summed E-state index contributed by atoms with van der Waals surface area (Å²) in [4.78, 5) is 0. The summed E-state index contributed by atoms with van der Waals surface area (Å²) in [6.07, 6.45) is 2.53. The van der Waals surface area contributed by atoms with Gasteiger partial charge in [0.05, 0.1) is 6.21 Å². The second kappa shape index (κ2) is 8.19. The van der Waals surface area contributed by atoms with Crippen molar-refractivity contribution in [3.8, 4) is 5.75 Å². The molecule has 6 heteroatoms. The van der Waals surface area contributed by atoms with Gasteiger partial charge in [-0.25, -0.2) is 0 Å². The van der Waals surface area contributed by atoms with E-state index in [0.29, 0.717) is 11.4 Å². The van der Waals surface area contributed by atoms with Gasteiger partial charge >= 0.3 is 0 Å². The van der Waals surface area contributed by atoms with Gasteiger partial charge in [-0.05, 0) is 34.6 Å². The van der Waals surface area contributed by atoms with Gasteiger partial charge in [-0.15, -0.1) is 0 Å². The number of nitrogens with one attached hydrogen (secondary N) is 1. The van der Waals surface area contributed by atoms with E-state index in [1.165, 1.54) is 0 Å². The zero-order valence-corrected chi connectivity index (χ0v) is 16.3. The molecule has 0 fully saturated rings. The van der Waals surface area contributed by atoms with Crippen LogP contribution in [0.4, 0.5) is 0 Å². The zero-order chi connectivity index (χ0) is 19.3. The lowest BCUT2D eigenvalue weighted by Crippen LogP contribution is -2.01. The summed E-state index contributed by atoms with van der Waals surface area (Å²) in [5.74, 6) is 1.56. The summed E-state index contributed by atoms with van der Waals surface area (Å²) in [5, 5.41) is 13.8. The summed E-state index contributed by atoms with van der Waals surface area (Å²) in [6.45, 7) is 2.51. The third-order valence-electron chi connectivity index (χ3n) is 4.50. The summed E-state index contributed by atoms with van der Waals surface area (Å²) >= 11 is 5.30. The number of nitrogens with zero attached hydrogens (tertiary/aromatic N) is 3. The quantitative estimate of drug-likeness (QED) is 0.368. The SMILES string of the molecule is CCc1n[nH]c(=S)n1N=Cc1c(OCc2ccccc2)ccc2ccccc12. The zero-order valence-electron chi connectivity index (χ0n) is 15.5. The molecule has 0 spiro atoms. The smallest absolute Gasteiger partial charge is 0.216 e. The highest BCUT2D eigenvalue weighted by atomic mass is 32.1. The van der Waals surface area contributed by atoms with Crippen LogP contribution in [0.15, 0.2) is 71.8 Å². The van der Waals surface area contributed by atoms with E-state index in [1.807, 2.05) is 55.5 Å². The Morgan fingerprint density at radius 1 is 1.07 bits per heavy atom. The van der Waals surface area contributed by atoms with Crippen LogP contribution >= 0.6 is 12.2 Å². The Morgan fingerprint density at radius 3 is 2.68 bits per heavy atom. The average Bonchev–Trinajstić information content (AvgIpc) is 3.11. The number of aromatic amines is 1. The molecule has 0 saturated heterocycles. The van der Waals surface area contributed by atoms with Gasteiger partial charge in [-0.3, -0.25) is 5.10 Å². The first-order valence-corrected chi connectivity index (χ1v) is 9.56. The molecule has 0 aliphatic carbocycles. The Morgan fingerprint density at radius 2 is 1.86 bits per heavy atom. The van der Waals surface area contributed by atoms with E-state index in [1.54, 1.807) is 10.9 Å². The highest BCUT2D eigenvalue weighted by Gasteiger charge is 2.09. The predicted molar refractivity (Wildman–Crippen MR) is 115 cm³/mol. The maximum absolute atomic E-state index is 6.14. The number of hydrogen-bond donors (Lipinski definition) is 1. The van der Waals surface area contributed by atoms with Crippen LogP contribution in [-0.4, -0.2) is 21.1 Å². The molecule has 4 aromatic rings. The molecule has 3 aromatic carbocycles. The molecule has 0 bridgehead atoms. The summed E-state index contributed by atoms with van der Waals surface area (Å²) in [6, 6.07) is 22.4. The number of hydrogen-bond acceptors (Lipinski definition) is 4.